The smallest absolute Gasteiger partial charge is 0.416 e. The molecule has 0 saturated carbocycles. The average molecular weight is 551 g/mol. The number of nitrogens with one attached hydrogen (secondary N) is 1. The number of amides is 2. The van der Waals surface area contributed by atoms with Gasteiger partial charge in [0, 0.05) is 43.2 Å². The summed E-state index contributed by atoms with van der Waals surface area (Å²) in [6.07, 6.45) is -1.55. The number of aromatic nitrogens is 2. The van der Waals surface area contributed by atoms with Crippen molar-refractivity contribution in [2.45, 2.75) is 19.0 Å². The molecule has 0 unspecified atom stereocenters. The number of carbonyl (C=O) groups is 2. The summed E-state index contributed by atoms with van der Waals surface area (Å²) in [5.41, 5.74) is 6.61. The quantitative estimate of drug-likeness (QED) is 0.470. The summed E-state index contributed by atoms with van der Waals surface area (Å²) in [7, 11) is 1.95. The lowest BCUT2D eigenvalue weighted by Gasteiger charge is -2.24. The number of nitrogens with zero attached hydrogens (tertiary/aromatic N) is 4. The SMILES string of the molecule is CN1CC=C(c2cc(C(F)(F)F)ccc2Oc2ccc(-c3nc(N=C4CCNC4=O)cc(C(N)=O)n3)cc2)CC1. The molecule has 206 valence electrons. The van der Waals surface area contributed by atoms with E-state index in [0.717, 1.165) is 24.3 Å². The second kappa shape index (κ2) is 10.9. The number of benzene rings is 2. The molecule has 2 aliphatic rings. The number of likely N-dealkylation sites (N-methyl/N-ethyl adjacent to an activating group) is 1. The molecule has 0 spiro atoms. The van der Waals surface area contributed by atoms with Gasteiger partial charge in [-0.3, -0.25) is 9.59 Å². The highest BCUT2D eigenvalue weighted by molar-refractivity contribution is 6.41. The van der Waals surface area contributed by atoms with E-state index in [1.165, 1.54) is 12.1 Å². The molecule has 0 atom stereocenters. The second-order valence-electron chi connectivity index (χ2n) is 9.44. The van der Waals surface area contributed by atoms with Crippen molar-refractivity contribution in [3.05, 3.63) is 71.4 Å². The number of ether oxygens (including phenoxy) is 1. The third kappa shape index (κ3) is 6.01. The topological polar surface area (TPSA) is 123 Å². The van der Waals surface area contributed by atoms with E-state index in [9.17, 15) is 22.8 Å². The van der Waals surface area contributed by atoms with E-state index in [0.29, 0.717) is 48.6 Å². The van der Waals surface area contributed by atoms with Gasteiger partial charge in [0.05, 0.1) is 5.56 Å². The van der Waals surface area contributed by atoms with Crippen molar-refractivity contribution in [3.8, 4) is 22.9 Å². The van der Waals surface area contributed by atoms with Crippen LogP contribution in [-0.2, 0) is 11.0 Å². The number of alkyl halides is 3. The summed E-state index contributed by atoms with van der Waals surface area (Å²) in [5.74, 6) is -0.122. The second-order valence-corrected chi connectivity index (χ2v) is 9.44. The summed E-state index contributed by atoms with van der Waals surface area (Å²) in [6, 6.07) is 11.3. The summed E-state index contributed by atoms with van der Waals surface area (Å²) < 4.78 is 46.4. The maximum Gasteiger partial charge on any atom is 0.416 e. The van der Waals surface area contributed by atoms with Crippen molar-refractivity contribution in [2.75, 3.05) is 26.7 Å². The molecule has 12 heteroatoms. The van der Waals surface area contributed by atoms with Crippen LogP contribution in [0.2, 0.25) is 0 Å². The third-order valence-electron chi connectivity index (χ3n) is 6.53. The molecule has 0 radical (unpaired) electrons. The number of primary amides is 1. The highest BCUT2D eigenvalue weighted by atomic mass is 19.4. The number of aliphatic imine (C=N–C) groups is 1. The molecule has 2 amide bonds. The standard InChI is InChI=1S/C28H25F3N6O3/c1-37-12-9-16(10-13-37)20-14-18(28(29,30)31)4-7-23(20)40-19-5-2-17(3-6-19)26-35-22(25(32)38)15-24(36-26)34-21-8-11-33-27(21)39/h2-7,9,14-15H,8,10-13H2,1H3,(H2,32,38)(H,33,39). The first-order valence-electron chi connectivity index (χ1n) is 12.5. The molecule has 3 N–H and O–H groups in total. The van der Waals surface area contributed by atoms with Crippen LogP contribution in [0.5, 0.6) is 11.5 Å². The van der Waals surface area contributed by atoms with Gasteiger partial charge in [0.25, 0.3) is 11.8 Å². The van der Waals surface area contributed by atoms with Gasteiger partial charge in [-0.1, -0.05) is 6.08 Å². The van der Waals surface area contributed by atoms with Gasteiger partial charge in [-0.05, 0) is 61.5 Å². The Balaban J connectivity index is 1.45. The molecule has 40 heavy (non-hydrogen) atoms. The predicted molar refractivity (Wildman–Crippen MR) is 142 cm³/mol. The van der Waals surface area contributed by atoms with E-state index in [-0.39, 0.29) is 29.0 Å². The number of halogens is 3. The van der Waals surface area contributed by atoms with E-state index < -0.39 is 17.6 Å². The number of carbonyl (C=O) groups excluding carboxylic acids is 2. The van der Waals surface area contributed by atoms with Gasteiger partial charge in [-0.25, -0.2) is 15.0 Å². The highest BCUT2D eigenvalue weighted by Crippen LogP contribution is 2.38. The largest absolute Gasteiger partial charge is 0.457 e. The zero-order valence-electron chi connectivity index (χ0n) is 21.5. The first kappa shape index (κ1) is 27.0. The minimum absolute atomic E-state index is 0.0659. The van der Waals surface area contributed by atoms with Crippen LogP contribution in [0.15, 0.2) is 59.6 Å². The van der Waals surface area contributed by atoms with Crippen LogP contribution >= 0.6 is 0 Å². The fraction of sp³-hybridized carbons (Fsp3) is 0.250. The fourth-order valence-electron chi connectivity index (χ4n) is 4.36. The number of nitrogens with two attached hydrogens (primary N) is 1. The summed E-state index contributed by atoms with van der Waals surface area (Å²) in [4.78, 5) is 38.7. The lowest BCUT2D eigenvalue weighted by molar-refractivity contribution is -0.137. The van der Waals surface area contributed by atoms with E-state index >= 15 is 0 Å². The normalized spacial score (nSPS) is 17.1. The molecule has 1 aromatic heterocycles. The lowest BCUT2D eigenvalue weighted by atomic mass is 9.96. The molecule has 5 rings (SSSR count). The first-order valence-corrected chi connectivity index (χ1v) is 12.5. The Hall–Kier alpha value is -4.58. The summed E-state index contributed by atoms with van der Waals surface area (Å²) >= 11 is 0. The van der Waals surface area contributed by atoms with Crippen molar-refractivity contribution in [3.63, 3.8) is 0 Å². The van der Waals surface area contributed by atoms with Crippen molar-refractivity contribution in [1.29, 1.82) is 0 Å². The van der Waals surface area contributed by atoms with Crippen LogP contribution in [0, 0.1) is 0 Å². The maximum atomic E-state index is 13.5. The fourth-order valence-corrected chi connectivity index (χ4v) is 4.36. The van der Waals surface area contributed by atoms with Gasteiger partial charge >= 0.3 is 6.18 Å². The minimum atomic E-state index is -4.48. The molecule has 1 saturated heterocycles. The molecule has 2 aromatic carbocycles. The highest BCUT2D eigenvalue weighted by Gasteiger charge is 2.32. The summed E-state index contributed by atoms with van der Waals surface area (Å²) in [6.45, 7) is 1.82. The predicted octanol–water partition coefficient (Wildman–Crippen LogP) is 4.36. The van der Waals surface area contributed by atoms with Crippen molar-refractivity contribution in [1.82, 2.24) is 20.2 Å². The van der Waals surface area contributed by atoms with Gasteiger partial charge in [-0.15, -0.1) is 0 Å². The van der Waals surface area contributed by atoms with Gasteiger partial charge in [0.15, 0.2) is 11.6 Å². The van der Waals surface area contributed by atoms with Crippen LogP contribution in [-0.4, -0.2) is 59.1 Å². The van der Waals surface area contributed by atoms with Crippen LogP contribution in [0.1, 0.15) is 34.5 Å². The van der Waals surface area contributed by atoms with Gasteiger partial charge in [0.1, 0.15) is 22.9 Å². The molecular weight excluding hydrogens is 525 g/mol. The van der Waals surface area contributed by atoms with Crippen LogP contribution in [0.4, 0.5) is 19.0 Å². The summed E-state index contributed by atoms with van der Waals surface area (Å²) in [5, 5.41) is 2.66. The molecule has 9 nitrogen and oxygen atoms in total. The monoisotopic (exact) mass is 550 g/mol. The van der Waals surface area contributed by atoms with Crippen molar-refractivity contribution >= 4 is 28.9 Å². The Bertz CT molecular complexity index is 1530. The van der Waals surface area contributed by atoms with Crippen LogP contribution in [0.3, 0.4) is 0 Å². The van der Waals surface area contributed by atoms with E-state index in [1.807, 2.05) is 13.1 Å². The van der Waals surface area contributed by atoms with Gasteiger partial charge in [0.2, 0.25) is 0 Å². The number of hydrogen-bond acceptors (Lipinski definition) is 7. The van der Waals surface area contributed by atoms with Crippen LogP contribution in [0.25, 0.3) is 17.0 Å². The number of hydrogen-bond donors (Lipinski definition) is 2. The lowest BCUT2D eigenvalue weighted by Crippen LogP contribution is -2.23. The maximum absolute atomic E-state index is 13.5. The third-order valence-corrected chi connectivity index (χ3v) is 6.53. The van der Waals surface area contributed by atoms with Crippen molar-refractivity contribution < 1.29 is 27.5 Å². The Morgan fingerprint density at radius 3 is 2.50 bits per heavy atom. The van der Waals surface area contributed by atoms with E-state index in [1.54, 1.807) is 24.3 Å². The van der Waals surface area contributed by atoms with Crippen LogP contribution < -0.4 is 15.8 Å². The molecule has 0 bridgehead atoms. The molecule has 1 fully saturated rings. The molecule has 3 heterocycles. The Morgan fingerprint density at radius 1 is 1.10 bits per heavy atom. The van der Waals surface area contributed by atoms with E-state index in [4.69, 9.17) is 10.5 Å². The zero-order valence-corrected chi connectivity index (χ0v) is 21.5. The molecule has 2 aliphatic heterocycles. The zero-order chi connectivity index (χ0) is 28.4. The Labute approximate surface area is 227 Å². The molecular formula is C28H25F3N6O3. The van der Waals surface area contributed by atoms with Gasteiger partial charge in [-0.2, -0.15) is 13.2 Å². The van der Waals surface area contributed by atoms with Gasteiger partial charge < -0.3 is 20.7 Å². The Morgan fingerprint density at radius 2 is 1.88 bits per heavy atom. The van der Waals surface area contributed by atoms with Crippen molar-refractivity contribution in [2.24, 2.45) is 10.7 Å². The average Bonchev–Trinajstić information content (AvgIpc) is 3.33. The Kier molecular flexibility index (Phi) is 7.35. The molecule has 0 aliphatic carbocycles. The minimum Gasteiger partial charge on any atom is -0.457 e. The van der Waals surface area contributed by atoms with E-state index in [2.05, 4.69) is 25.2 Å². The first-order chi connectivity index (χ1) is 19.1. The number of rotatable bonds is 6. The molecule has 3 aromatic rings.